The number of aryl methyl sites for hydroxylation is 2. The van der Waals surface area contributed by atoms with Gasteiger partial charge in [-0.3, -0.25) is 4.68 Å². The number of nitrogens with zero attached hydrogens (tertiary/aromatic N) is 3. The zero-order chi connectivity index (χ0) is 11.5. The van der Waals surface area contributed by atoms with Crippen molar-refractivity contribution in [3.8, 4) is 0 Å². The lowest BCUT2D eigenvalue weighted by atomic mass is 10.2. The van der Waals surface area contributed by atoms with Crippen molar-refractivity contribution in [1.82, 2.24) is 20.0 Å². The average molecular weight is 222 g/mol. The van der Waals surface area contributed by atoms with Crippen LogP contribution in [0.3, 0.4) is 0 Å². The summed E-state index contributed by atoms with van der Waals surface area (Å²) in [7, 11) is 4.15. The van der Waals surface area contributed by atoms with Crippen LogP contribution >= 0.6 is 0 Å². The Labute approximate surface area is 97.6 Å². The third-order valence-electron chi connectivity index (χ3n) is 3.06. The van der Waals surface area contributed by atoms with E-state index in [0.29, 0.717) is 0 Å². The zero-order valence-corrected chi connectivity index (χ0v) is 10.5. The van der Waals surface area contributed by atoms with E-state index in [9.17, 15) is 0 Å². The van der Waals surface area contributed by atoms with Crippen LogP contribution < -0.4 is 5.32 Å². The molecule has 90 valence electrons. The first-order valence-electron chi connectivity index (χ1n) is 6.06. The fourth-order valence-electron chi connectivity index (χ4n) is 1.92. The number of aromatic nitrogens is 2. The maximum Gasteiger partial charge on any atom is 0.0638 e. The first-order chi connectivity index (χ1) is 7.65. The highest BCUT2D eigenvalue weighted by molar-refractivity contribution is 5.14. The predicted molar refractivity (Wildman–Crippen MR) is 65.3 cm³/mol. The Morgan fingerprint density at radius 2 is 2.31 bits per heavy atom. The third kappa shape index (κ3) is 3.32. The summed E-state index contributed by atoms with van der Waals surface area (Å²) in [4.78, 5) is 2.35. The van der Waals surface area contributed by atoms with Gasteiger partial charge >= 0.3 is 0 Å². The Morgan fingerprint density at radius 3 is 2.88 bits per heavy atom. The molecule has 1 N–H and O–H groups in total. The van der Waals surface area contributed by atoms with Gasteiger partial charge in [0, 0.05) is 44.5 Å². The van der Waals surface area contributed by atoms with E-state index in [-0.39, 0.29) is 0 Å². The van der Waals surface area contributed by atoms with Gasteiger partial charge in [0.1, 0.15) is 0 Å². The summed E-state index contributed by atoms with van der Waals surface area (Å²) in [5, 5.41) is 7.89. The lowest BCUT2D eigenvalue weighted by Crippen LogP contribution is -2.30. The number of likely N-dealkylation sites (N-methyl/N-ethyl adjacent to an activating group) is 1. The highest BCUT2D eigenvalue weighted by Gasteiger charge is 2.19. The van der Waals surface area contributed by atoms with Gasteiger partial charge in [0.25, 0.3) is 0 Å². The molecule has 1 fully saturated rings. The summed E-state index contributed by atoms with van der Waals surface area (Å²) in [6.45, 7) is 5.27. The molecule has 4 nitrogen and oxygen atoms in total. The fraction of sp³-hybridized carbons (Fsp3) is 0.750. The van der Waals surface area contributed by atoms with Crippen LogP contribution in [0, 0.1) is 6.92 Å². The molecule has 0 spiro atoms. The standard InChI is InChI=1S/C12H22N4/c1-10-11(9-16(3)14-10)8-15(2)7-6-13-12-4-5-12/h9,12-13H,4-8H2,1-3H3. The molecule has 1 aliphatic carbocycles. The van der Waals surface area contributed by atoms with Crippen molar-refractivity contribution < 1.29 is 0 Å². The summed E-state index contributed by atoms with van der Waals surface area (Å²) in [5.41, 5.74) is 2.47. The minimum Gasteiger partial charge on any atom is -0.313 e. The average Bonchev–Trinajstić information content (AvgIpc) is 2.95. The van der Waals surface area contributed by atoms with Crippen molar-refractivity contribution in [1.29, 1.82) is 0 Å². The number of hydrogen-bond acceptors (Lipinski definition) is 3. The highest BCUT2D eigenvalue weighted by atomic mass is 15.3. The summed E-state index contributed by atoms with van der Waals surface area (Å²) in [6.07, 6.45) is 4.84. The van der Waals surface area contributed by atoms with Gasteiger partial charge in [-0.15, -0.1) is 0 Å². The Balaban J connectivity index is 1.72. The van der Waals surface area contributed by atoms with E-state index in [2.05, 4.69) is 35.5 Å². The second-order valence-corrected chi connectivity index (χ2v) is 4.88. The molecule has 16 heavy (non-hydrogen) atoms. The van der Waals surface area contributed by atoms with Crippen molar-refractivity contribution in [3.63, 3.8) is 0 Å². The maximum atomic E-state index is 4.36. The van der Waals surface area contributed by atoms with Crippen molar-refractivity contribution in [3.05, 3.63) is 17.5 Å². The SMILES string of the molecule is Cc1nn(C)cc1CN(C)CCNC1CC1. The van der Waals surface area contributed by atoms with Crippen LogP contribution in [0.15, 0.2) is 6.20 Å². The molecule has 0 saturated heterocycles. The molecule has 0 bridgehead atoms. The minimum absolute atomic E-state index is 0.813. The molecule has 0 unspecified atom stereocenters. The molecule has 2 rings (SSSR count). The first kappa shape index (κ1) is 11.6. The molecule has 0 amide bonds. The van der Waals surface area contributed by atoms with Crippen molar-refractivity contribution in [2.75, 3.05) is 20.1 Å². The Kier molecular flexibility index (Phi) is 3.61. The van der Waals surface area contributed by atoms with E-state index < -0.39 is 0 Å². The van der Waals surface area contributed by atoms with E-state index in [1.165, 1.54) is 18.4 Å². The predicted octanol–water partition coefficient (Wildman–Crippen LogP) is 0.912. The molecule has 0 aromatic carbocycles. The van der Waals surface area contributed by atoms with E-state index in [1.54, 1.807) is 0 Å². The van der Waals surface area contributed by atoms with Crippen LogP contribution in [0.4, 0.5) is 0 Å². The minimum atomic E-state index is 0.813. The quantitative estimate of drug-likeness (QED) is 0.777. The number of rotatable bonds is 6. The number of nitrogens with one attached hydrogen (secondary N) is 1. The van der Waals surface area contributed by atoms with E-state index >= 15 is 0 Å². The van der Waals surface area contributed by atoms with Gasteiger partial charge in [-0.05, 0) is 26.8 Å². The van der Waals surface area contributed by atoms with Gasteiger partial charge in [0.05, 0.1) is 5.69 Å². The molecular weight excluding hydrogens is 200 g/mol. The van der Waals surface area contributed by atoms with Crippen LogP contribution in [0.1, 0.15) is 24.1 Å². The van der Waals surface area contributed by atoms with Gasteiger partial charge in [-0.2, -0.15) is 5.10 Å². The summed E-state index contributed by atoms with van der Waals surface area (Å²) in [5.74, 6) is 0. The van der Waals surface area contributed by atoms with Crippen LogP contribution in [0.25, 0.3) is 0 Å². The van der Waals surface area contributed by atoms with Crippen molar-refractivity contribution >= 4 is 0 Å². The van der Waals surface area contributed by atoms with E-state index in [0.717, 1.165) is 31.4 Å². The molecule has 1 aromatic heterocycles. The van der Waals surface area contributed by atoms with Gasteiger partial charge in [-0.1, -0.05) is 0 Å². The van der Waals surface area contributed by atoms with Crippen LogP contribution in [-0.4, -0.2) is 40.9 Å². The van der Waals surface area contributed by atoms with E-state index in [4.69, 9.17) is 0 Å². The van der Waals surface area contributed by atoms with Crippen molar-refractivity contribution in [2.45, 2.75) is 32.4 Å². The third-order valence-corrected chi connectivity index (χ3v) is 3.06. The smallest absolute Gasteiger partial charge is 0.0638 e. The lowest BCUT2D eigenvalue weighted by molar-refractivity contribution is 0.323. The van der Waals surface area contributed by atoms with E-state index in [1.807, 2.05) is 11.7 Å². The van der Waals surface area contributed by atoms with Gasteiger partial charge in [-0.25, -0.2) is 0 Å². The van der Waals surface area contributed by atoms with Crippen LogP contribution in [0.2, 0.25) is 0 Å². The molecule has 1 aromatic rings. The highest BCUT2D eigenvalue weighted by Crippen LogP contribution is 2.18. The Bertz CT molecular complexity index is 341. The van der Waals surface area contributed by atoms with Gasteiger partial charge in [0.15, 0.2) is 0 Å². The van der Waals surface area contributed by atoms with Crippen molar-refractivity contribution in [2.24, 2.45) is 7.05 Å². The topological polar surface area (TPSA) is 33.1 Å². The first-order valence-corrected chi connectivity index (χ1v) is 6.06. The largest absolute Gasteiger partial charge is 0.313 e. The second-order valence-electron chi connectivity index (χ2n) is 4.88. The molecule has 0 aliphatic heterocycles. The molecule has 4 heteroatoms. The molecular formula is C12H22N4. The molecule has 1 heterocycles. The Morgan fingerprint density at radius 1 is 1.56 bits per heavy atom. The monoisotopic (exact) mass is 222 g/mol. The fourth-order valence-corrected chi connectivity index (χ4v) is 1.92. The summed E-state index contributed by atoms with van der Waals surface area (Å²) < 4.78 is 1.89. The molecule has 1 aliphatic rings. The zero-order valence-electron chi connectivity index (χ0n) is 10.5. The lowest BCUT2D eigenvalue weighted by Gasteiger charge is -2.16. The van der Waals surface area contributed by atoms with Crippen LogP contribution in [0.5, 0.6) is 0 Å². The van der Waals surface area contributed by atoms with Crippen LogP contribution in [-0.2, 0) is 13.6 Å². The molecule has 1 saturated carbocycles. The maximum absolute atomic E-state index is 4.36. The number of hydrogen-bond donors (Lipinski definition) is 1. The molecule has 0 atom stereocenters. The Hall–Kier alpha value is -0.870. The normalized spacial score (nSPS) is 16.0. The summed E-state index contributed by atoms with van der Waals surface area (Å²) in [6, 6.07) is 0.813. The molecule has 0 radical (unpaired) electrons. The summed E-state index contributed by atoms with van der Waals surface area (Å²) >= 11 is 0. The second kappa shape index (κ2) is 4.97. The van der Waals surface area contributed by atoms with Gasteiger partial charge < -0.3 is 10.2 Å². The van der Waals surface area contributed by atoms with Gasteiger partial charge in [0.2, 0.25) is 0 Å².